The first kappa shape index (κ1) is 16.6. The molecule has 2 aliphatic heterocycles. The Kier molecular flexibility index (Phi) is 4.28. The Hall–Kier alpha value is -1.87. The number of amides is 1. The van der Waals surface area contributed by atoms with E-state index in [9.17, 15) is 10.1 Å². The van der Waals surface area contributed by atoms with E-state index in [1.807, 2.05) is 16.6 Å². The number of fused-ring (bicyclic) bond motifs is 1. The van der Waals surface area contributed by atoms with E-state index in [1.54, 1.807) is 0 Å². The van der Waals surface area contributed by atoms with Crippen LogP contribution in [0.2, 0.25) is 0 Å². The Morgan fingerprint density at radius 3 is 2.56 bits per heavy atom. The van der Waals surface area contributed by atoms with Crippen LogP contribution in [-0.4, -0.2) is 38.6 Å². The van der Waals surface area contributed by atoms with E-state index in [2.05, 4.69) is 11.0 Å². The molecule has 3 heterocycles. The highest BCUT2D eigenvalue weighted by molar-refractivity contribution is 5.86. The predicted molar refractivity (Wildman–Crippen MR) is 93.1 cm³/mol. The maximum absolute atomic E-state index is 13.0. The second-order valence-electron chi connectivity index (χ2n) is 7.89. The lowest BCUT2D eigenvalue weighted by atomic mass is 9.86. The van der Waals surface area contributed by atoms with Gasteiger partial charge in [-0.2, -0.15) is 10.4 Å². The summed E-state index contributed by atoms with van der Waals surface area (Å²) in [5.41, 5.74) is 2.70. The van der Waals surface area contributed by atoms with Crippen molar-refractivity contribution >= 4 is 5.91 Å². The van der Waals surface area contributed by atoms with Crippen molar-refractivity contribution in [3.05, 3.63) is 17.0 Å². The molecule has 1 aromatic heterocycles. The number of nitriles is 1. The number of aromatic nitrogens is 2. The maximum Gasteiger partial charge on any atom is 0.243 e. The zero-order valence-electron chi connectivity index (χ0n) is 15.1. The molecule has 0 aromatic carbocycles. The van der Waals surface area contributed by atoms with Gasteiger partial charge >= 0.3 is 0 Å². The summed E-state index contributed by atoms with van der Waals surface area (Å²) in [6.07, 6.45) is 7.27. The van der Waals surface area contributed by atoms with Crippen LogP contribution in [0.15, 0.2) is 0 Å². The zero-order valence-corrected chi connectivity index (χ0v) is 15.1. The minimum absolute atomic E-state index is 0.0348. The largest absolute Gasteiger partial charge is 0.331 e. The van der Waals surface area contributed by atoms with Gasteiger partial charge in [-0.05, 0) is 38.8 Å². The molecule has 6 nitrogen and oxygen atoms in total. The zero-order chi connectivity index (χ0) is 17.4. The number of aryl methyl sites for hydroxylation is 1. The van der Waals surface area contributed by atoms with Crippen LogP contribution >= 0.6 is 0 Å². The van der Waals surface area contributed by atoms with Gasteiger partial charge in [0.2, 0.25) is 5.91 Å². The molecule has 3 aliphatic rings. The van der Waals surface area contributed by atoms with Gasteiger partial charge < -0.3 is 4.90 Å². The minimum atomic E-state index is -0.775. The van der Waals surface area contributed by atoms with Crippen LogP contribution in [0.4, 0.5) is 0 Å². The van der Waals surface area contributed by atoms with Crippen LogP contribution in [0, 0.1) is 16.7 Å². The third kappa shape index (κ3) is 2.85. The number of hydrogen-bond acceptors (Lipinski definition) is 4. The second kappa shape index (κ2) is 6.45. The van der Waals surface area contributed by atoms with Crippen molar-refractivity contribution in [2.75, 3.05) is 13.1 Å². The van der Waals surface area contributed by atoms with Crippen molar-refractivity contribution in [1.29, 1.82) is 5.26 Å². The van der Waals surface area contributed by atoms with Crippen LogP contribution in [0.1, 0.15) is 61.9 Å². The number of hydrogen-bond donors (Lipinski definition) is 0. The first-order valence-electron chi connectivity index (χ1n) is 9.59. The molecule has 1 saturated carbocycles. The third-order valence-electron chi connectivity index (χ3n) is 6.24. The van der Waals surface area contributed by atoms with Crippen molar-refractivity contribution in [2.45, 2.75) is 64.6 Å². The monoisotopic (exact) mass is 341 g/mol. The first-order valence-corrected chi connectivity index (χ1v) is 9.59. The van der Waals surface area contributed by atoms with Gasteiger partial charge in [0, 0.05) is 25.7 Å². The van der Waals surface area contributed by atoms with Gasteiger partial charge in [0.1, 0.15) is 5.41 Å². The molecule has 1 saturated heterocycles. The normalized spacial score (nSPS) is 22.8. The topological polar surface area (TPSA) is 65.2 Å². The van der Waals surface area contributed by atoms with Crippen LogP contribution in [0.25, 0.3) is 0 Å². The summed E-state index contributed by atoms with van der Waals surface area (Å²) >= 11 is 0. The van der Waals surface area contributed by atoms with Crippen molar-refractivity contribution in [3.63, 3.8) is 0 Å². The molecule has 0 N–H and O–H groups in total. The average molecular weight is 341 g/mol. The summed E-state index contributed by atoms with van der Waals surface area (Å²) in [5, 5.41) is 14.3. The Morgan fingerprint density at radius 1 is 1.16 bits per heavy atom. The van der Waals surface area contributed by atoms with Crippen molar-refractivity contribution in [2.24, 2.45) is 12.5 Å². The molecular weight excluding hydrogens is 314 g/mol. The molecule has 2 fully saturated rings. The van der Waals surface area contributed by atoms with Crippen LogP contribution in [0.3, 0.4) is 0 Å². The van der Waals surface area contributed by atoms with E-state index in [1.165, 1.54) is 24.8 Å². The average Bonchev–Trinajstić information content (AvgIpc) is 3.34. The summed E-state index contributed by atoms with van der Waals surface area (Å²) in [7, 11) is 1.97. The fourth-order valence-electron chi connectivity index (χ4n) is 4.73. The fourth-order valence-corrected chi connectivity index (χ4v) is 4.73. The maximum atomic E-state index is 13.0. The van der Waals surface area contributed by atoms with Gasteiger partial charge in [-0.1, -0.05) is 19.3 Å². The van der Waals surface area contributed by atoms with Gasteiger partial charge in [-0.25, -0.2) is 0 Å². The van der Waals surface area contributed by atoms with E-state index in [-0.39, 0.29) is 5.91 Å². The first-order chi connectivity index (χ1) is 12.1. The molecular formula is C19H27N5O. The Labute approximate surface area is 149 Å². The lowest BCUT2D eigenvalue weighted by Crippen LogP contribution is -2.39. The Bertz CT molecular complexity index is 704. The Balaban J connectivity index is 1.51. The fraction of sp³-hybridized carbons (Fsp3) is 0.737. The molecule has 1 aromatic rings. The molecule has 25 heavy (non-hydrogen) atoms. The van der Waals surface area contributed by atoms with Crippen molar-refractivity contribution in [3.8, 4) is 6.07 Å². The highest BCUT2D eigenvalue weighted by Crippen LogP contribution is 2.41. The molecule has 4 rings (SSSR count). The third-order valence-corrected chi connectivity index (χ3v) is 6.24. The van der Waals surface area contributed by atoms with E-state index < -0.39 is 5.41 Å². The van der Waals surface area contributed by atoms with Gasteiger partial charge in [-0.3, -0.25) is 14.4 Å². The van der Waals surface area contributed by atoms with Crippen molar-refractivity contribution in [1.82, 2.24) is 19.6 Å². The molecule has 1 aliphatic carbocycles. The molecule has 6 heteroatoms. The quantitative estimate of drug-likeness (QED) is 0.846. The molecule has 1 amide bonds. The van der Waals surface area contributed by atoms with Gasteiger partial charge in [-0.15, -0.1) is 0 Å². The minimum Gasteiger partial charge on any atom is -0.331 e. The smallest absolute Gasteiger partial charge is 0.243 e. The SMILES string of the molecule is Cn1nc(CN2CCCCC2)c2c1CN(C(=O)C1(C#N)CCCC1)C2. The van der Waals surface area contributed by atoms with Gasteiger partial charge in [0.25, 0.3) is 0 Å². The number of nitrogens with zero attached hydrogens (tertiary/aromatic N) is 5. The molecule has 0 spiro atoms. The lowest BCUT2D eigenvalue weighted by Gasteiger charge is -2.27. The number of carbonyl (C=O) groups excluding carboxylic acids is 1. The van der Waals surface area contributed by atoms with Crippen LogP contribution in [-0.2, 0) is 31.5 Å². The molecule has 0 radical (unpaired) electrons. The van der Waals surface area contributed by atoms with E-state index in [4.69, 9.17) is 5.10 Å². The highest BCUT2D eigenvalue weighted by Gasteiger charge is 2.46. The summed E-state index contributed by atoms with van der Waals surface area (Å²) in [6, 6.07) is 2.35. The van der Waals surface area contributed by atoms with Crippen LogP contribution < -0.4 is 0 Å². The number of rotatable bonds is 3. The van der Waals surface area contributed by atoms with Crippen LogP contribution in [0.5, 0.6) is 0 Å². The predicted octanol–water partition coefficient (Wildman–Crippen LogP) is 2.33. The van der Waals surface area contributed by atoms with Gasteiger partial charge in [0.05, 0.1) is 24.0 Å². The van der Waals surface area contributed by atoms with E-state index in [0.717, 1.165) is 43.9 Å². The van der Waals surface area contributed by atoms with E-state index in [0.29, 0.717) is 25.9 Å². The molecule has 0 unspecified atom stereocenters. The molecule has 134 valence electrons. The van der Waals surface area contributed by atoms with Crippen molar-refractivity contribution < 1.29 is 4.79 Å². The summed E-state index contributed by atoms with van der Waals surface area (Å²) in [4.78, 5) is 17.4. The highest BCUT2D eigenvalue weighted by atomic mass is 16.2. The Morgan fingerprint density at radius 2 is 1.88 bits per heavy atom. The second-order valence-corrected chi connectivity index (χ2v) is 7.89. The summed E-state index contributed by atoms with van der Waals surface area (Å²) in [5.74, 6) is 0.0348. The number of carbonyl (C=O) groups is 1. The standard InChI is InChI=1S/C19H27N5O/c1-22-17-13-24(18(25)19(14-20)7-3-4-8-19)11-15(17)16(21-22)12-23-9-5-2-6-10-23/h2-13H2,1H3. The number of likely N-dealkylation sites (tertiary alicyclic amines) is 1. The lowest BCUT2D eigenvalue weighted by molar-refractivity contribution is -0.139. The van der Waals surface area contributed by atoms with E-state index >= 15 is 0 Å². The van der Waals surface area contributed by atoms with Gasteiger partial charge in [0.15, 0.2) is 0 Å². The molecule has 0 bridgehead atoms. The number of piperidine rings is 1. The summed E-state index contributed by atoms with van der Waals surface area (Å²) in [6.45, 7) is 4.39. The molecule has 0 atom stereocenters. The summed E-state index contributed by atoms with van der Waals surface area (Å²) < 4.78 is 1.94.